The molecule has 4 nitrogen and oxygen atoms in total. The Morgan fingerprint density at radius 3 is 3.00 bits per heavy atom. The molecule has 7 heteroatoms. The van der Waals surface area contributed by atoms with Crippen LogP contribution >= 0.6 is 30.9 Å². The van der Waals surface area contributed by atoms with Crippen LogP contribution in [0.3, 0.4) is 0 Å². The molecule has 0 amide bonds. The molecular weight excluding hydrogens is 246 g/mol. The predicted octanol–water partition coefficient (Wildman–Crippen LogP) is 1.88. The Labute approximate surface area is 108 Å². The van der Waals surface area contributed by atoms with Crippen molar-refractivity contribution in [1.29, 1.82) is 0 Å². The van der Waals surface area contributed by atoms with Crippen LogP contribution in [0.1, 0.15) is 20.1 Å². The zero-order chi connectivity index (χ0) is 19.4. The maximum atomic E-state index is 13.0. The summed E-state index contributed by atoms with van der Waals surface area (Å²) in [6.07, 6.45) is -0.887. The quantitative estimate of drug-likeness (QED) is 0.612. The molecule has 14 heavy (non-hydrogen) atoms. The highest BCUT2D eigenvalue weighted by Gasteiger charge is 2.32. The van der Waals surface area contributed by atoms with Gasteiger partial charge in [-0.1, -0.05) is 0 Å². The number of nitrogens with zero attached hydrogens (tertiary/aromatic N) is 1. The van der Waals surface area contributed by atoms with Crippen LogP contribution in [0.4, 0.5) is 0 Å². The average molecular weight is 271 g/mol. The van der Waals surface area contributed by atoms with Crippen molar-refractivity contribution in [3.63, 3.8) is 0 Å². The lowest BCUT2D eigenvalue weighted by Gasteiger charge is -2.33. The molecule has 1 rings (SSSR count). The van der Waals surface area contributed by atoms with Crippen molar-refractivity contribution in [3.8, 4) is 0 Å². The van der Waals surface area contributed by atoms with E-state index in [4.69, 9.17) is 36.9 Å². The molecule has 0 aromatic rings. The minimum atomic E-state index is -4.97. The minimum Gasteiger partial charge on any atom is -0.306 e. The van der Waals surface area contributed by atoms with Crippen LogP contribution in [0, 0.1) is 0 Å². The molecule has 1 fully saturated rings. The molecule has 1 saturated heterocycles. The third kappa shape index (κ3) is 3.37. The second kappa shape index (κ2) is 6.31. The number of halogens is 2. The predicted molar refractivity (Wildman–Crippen MR) is 59.2 cm³/mol. The second-order valence-corrected chi connectivity index (χ2v) is 4.51. The van der Waals surface area contributed by atoms with E-state index in [9.17, 15) is 4.57 Å². The molecule has 0 saturated carbocycles. The van der Waals surface area contributed by atoms with Gasteiger partial charge in [0, 0.05) is 42.2 Å². The van der Waals surface area contributed by atoms with Crippen LogP contribution in [0.15, 0.2) is 0 Å². The average Bonchev–Trinajstić information content (AvgIpc) is 2.17. The van der Waals surface area contributed by atoms with Gasteiger partial charge in [-0.2, -0.15) is 0 Å². The number of nitrogens with one attached hydrogen (secondary N) is 1. The Balaban J connectivity index is 3.46. The molecule has 1 atom stereocenters. The molecule has 1 heterocycles. The summed E-state index contributed by atoms with van der Waals surface area (Å²) in [5.41, 5.74) is 0. The molecule has 0 radical (unpaired) electrons. The van der Waals surface area contributed by atoms with E-state index in [1.54, 1.807) is 5.09 Å². The fraction of sp³-hybridized carbons (Fsp3) is 1.00. The van der Waals surface area contributed by atoms with Crippen molar-refractivity contribution in [2.24, 2.45) is 0 Å². The molecular formula is C7H15Cl2N2O2P. The van der Waals surface area contributed by atoms with Crippen LogP contribution in [-0.4, -0.2) is 42.4 Å². The first-order valence-electron chi connectivity index (χ1n) is 8.47. The summed E-state index contributed by atoms with van der Waals surface area (Å²) in [7, 11) is -4.97. The maximum absolute atomic E-state index is 13.0. The van der Waals surface area contributed by atoms with Gasteiger partial charge in [-0.25, -0.2) is 9.76 Å². The van der Waals surface area contributed by atoms with Gasteiger partial charge in [-0.3, -0.25) is 4.57 Å². The van der Waals surface area contributed by atoms with E-state index in [1.165, 1.54) is 0 Å². The zero-order valence-corrected chi connectivity index (χ0v) is 9.29. The zero-order valence-electron chi connectivity index (χ0n) is 16.9. The summed E-state index contributed by atoms with van der Waals surface area (Å²) in [6.45, 7) is -9.99. The van der Waals surface area contributed by atoms with Crippen LogP contribution < -0.4 is 5.09 Å². The first kappa shape index (κ1) is 4.52. The van der Waals surface area contributed by atoms with Crippen LogP contribution in [0.5, 0.6) is 0 Å². The van der Waals surface area contributed by atoms with Gasteiger partial charge in [0.25, 0.3) is 0 Å². The van der Waals surface area contributed by atoms with Gasteiger partial charge in [0.15, 0.2) is 0 Å². The number of rotatable bonds is 5. The highest BCUT2D eigenvalue weighted by molar-refractivity contribution is 7.54. The van der Waals surface area contributed by atoms with Crippen molar-refractivity contribution >= 4 is 30.9 Å². The van der Waals surface area contributed by atoms with E-state index < -0.39 is 51.9 Å². The molecule has 0 spiro atoms. The Kier molecular flexibility index (Phi) is 2.04. The molecule has 0 aromatic carbocycles. The van der Waals surface area contributed by atoms with Crippen molar-refractivity contribution in [2.45, 2.75) is 6.42 Å². The van der Waals surface area contributed by atoms with Gasteiger partial charge in [-0.05, 0) is 6.42 Å². The smallest absolute Gasteiger partial charge is 0.306 e. The minimum absolute atomic E-state index is 0.0468. The number of hydrogen-bond acceptors (Lipinski definition) is 2. The van der Waals surface area contributed by atoms with Crippen LogP contribution in [-0.2, 0) is 9.09 Å². The summed E-state index contributed by atoms with van der Waals surface area (Å²) in [5, 5.41) is 1.79. The van der Waals surface area contributed by atoms with E-state index in [-0.39, 0.29) is 4.67 Å². The lowest BCUT2D eigenvalue weighted by Crippen LogP contribution is -2.35. The SMILES string of the molecule is [2H]C([2H])(Cl)CN(C([2H])([2H])C([2H])([2H])Cl)P1(=O)NC([2H])([2H])CC([2H])([2H])O1. The maximum Gasteiger partial charge on any atom is 0.343 e. The fourth-order valence-electron chi connectivity index (χ4n) is 0.732. The fourth-order valence-corrected chi connectivity index (χ4v) is 2.32. The third-order valence-electron chi connectivity index (χ3n) is 1.27. The topological polar surface area (TPSA) is 41.6 Å². The van der Waals surface area contributed by atoms with Crippen molar-refractivity contribution < 1.29 is 22.8 Å². The van der Waals surface area contributed by atoms with Crippen molar-refractivity contribution in [2.75, 3.05) is 37.8 Å². The monoisotopic (exact) mass is 270 g/mol. The Morgan fingerprint density at radius 2 is 2.43 bits per heavy atom. The molecule has 0 aromatic heterocycles. The van der Waals surface area contributed by atoms with Crippen LogP contribution in [0.2, 0.25) is 0 Å². The van der Waals surface area contributed by atoms with Gasteiger partial charge >= 0.3 is 7.67 Å². The van der Waals surface area contributed by atoms with E-state index in [0.717, 1.165) is 0 Å². The highest BCUT2D eigenvalue weighted by atomic mass is 35.5. The molecule has 0 bridgehead atoms. The Morgan fingerprint density at radius 1 is 1.64 bits per heavy atom. The lowest BCUT2D eigenvalue weighted by atomic mass is 10.5. The first-order valence-corrected chi connectivity index (χ1v) is 5.80. The Bertz CT molecular complexity index is 516. The lowest BCUT2D eigenvalue weighted by molar-refractivity contribution is 0.233. The van der Waals surface area contributed by atoms with E-state index in [0.29, 0.717) is 0 Å². The third-order valence-corrected chi connectivity index (χ3v) is 3.17. The van der Waals surface area contributed by atoms with Gasteiger partial charge in [-0.15, -0.1) is 23.2 Å². The molecule has 84 valence electrons. The normalized spacial score (nSPS) is 49.1. The van der Waals surface area contributed by atoms with Gasteiger partial charge < -0.3 is 4.52 Å². The van der Waals surface area contributed by atoms with Gasteiger partial charge in [0.05, 0.1) is 9.30 Å². The molecule has 1 aliphatic heterocycles. The molecule has 1 aliphatic rings. The van der Waals surface area contributed by atoms with E-state index in [2.05, 4.69) is 4.52 Å². The number of hydrogen-bond donors (Lipinski definition) is 1. The standard InChI is InChI=1S/C7H15Cl2N2O2P/c8-2-5-11(6-3-9)14(12)10-4-1-7-13-14/h1-7H2,(H,10,12)/i2D2,3D2,4D2,5D2,7D2. The summed E-state index contributed by atoms with van der Waals surface area (Å²) in [4.78, 5) is 0. The van der Waals surface area contributed by atoms with Gasteiger partial charge in [0.2, 0.25) is 0 Å². The molecule has 0 aliphatic carbocycles. The molecule has 1 N–H and O–H groups in total. The summed E-state index contributed by atoms with van der Waals surface area (Å²) >= 11 is 10.7. The highest BCUT2D eigenvalue weighted by Crippen LogP contribution is 2.47. The van der Waals surface area contributed by atoms with Crippen molar-refractivity contribution in [1.82, 2.24) is 9.76 Å². The Hall–Kier alpha value is 0.690. The largest absolute Gasteiger partial charge is 0.343 e. The summed E-state index contributed by atoms with van der Waals surface area (Å²) in [6, 6.07) is 0. The second-order valence-electron chi connectivity index (χ2n) is 2.12. The van der Waals surface area contributed by atoms with Gasteiger partial charge in [0.1, 0.15) is 0 Å². The first-order chi connectivity index (χ1) is 10.2. The van der Waals surface area contributed by atoms with E-state index >= 15 is 0 Å². The van der Waals surface area contributed by atoms with E-state index in [1.807, 2.05) is 0 Å². The molecule has 1 unspecified atom stereocenters. The summed E-state index contributed by atoms with van der Waals surface area (Å²) in [5.74, 6) is -5.94. The van der Waals surface area contributed by atoms with Crippen LogP contribution in [0.25, 0.3) is 0 Å². The summed E-state index contributed by atoms with van der Waals surface area (Å²) < 4.78 is 92.6. The van der Waals surface area contributed by atoms with Crippen molar-refractivity contribution in [3.05, 3.63) is 0 Å². The number of alkyl halides is 2.